The molecule has 0 aliphatic heterocycles. The van der Waals surface area contributed by atoms with Crippen molar-refractivity contribution in [2.24, 2.45) is 23.2 Å². The van der Waals surface area contributed by atoms with Crippen LogP contribution in [-0.4, -0.2) is 10.7 Å². The number of hydrogen-bond donors (Lipinski definition) is 1. The van der Waals surface area contributed by atoms with Gasteiger partial charge in [0.2, 0.25) is 0 Å². The predicted octanol–water partition coefficient (Wildman–Crippen LogP) is 3.14. The molecular formula is C14H22O. The van der Waals surface area contributed by atoms with E-state index in [1.807, 2.05) is 6.92 Å². The largest absolute Gasteiger partial charge is 0.386 e. The van der Waals surface area contributed by atoms with Gasteiger partial charge in [0.15, 0.2) is 0 Å². The number of rotatable bonds is 0. The summed E-state index contributed by atoms with van der Waals surface area (Å²) in [5.74, 6) is 2.53. The SMILES string of the molecule is CC1(C)[C@H]2C[C@H]3CC[C@@](C)(O)C=C3[C@@H]1C2. The van der Waals surface area contributed by atoms with E-state index in [9.17, 15) is 5.11 Å². The van der Waals surface area contributed by atoms with E-state index in [0.29, 0.717) is 5.41 Å². The molecular weight excluding hydrogens is 184 g/mol. The zero-order valence-electron chi connectivity index (χ0n) is 10.1. The maximum Gasteiger partial charge on any atom is 0.0802 e. The molecule has 1 nitrogen and oxygen atoms in total. The Morgan fingerprint density at radius 3 is 2.67 bits per heavy atom. The summed E-state index contributed by atoms with van der Waals surface area (Å²) in [5.41, 5.74) is 1.58. The van der Waals surface area contributed by atoms with Crippen LogP contribution in [-0.2, 0) is 0 Å². The maximum atomic E-state index is 10.1. The van der Waals surface area contributed by atoms with Gasteiger partial charge in [-0.2, -0.15) is 0 Å². The molecule has 3 saturated carbocycles. The van der Waals surface area contributed by atoms with Gasteiger partial charge in [-0.05, 0) is 55.8 Å². The molecule has 0 aromatic carbocycles. The second-order valence-electron chi connectivity index (χ2n) is 6.78. The molecule has 0 aromatic heterocycles. The molecule has 3 fully saturated rings. The second-order valence-corrected chi connectivity index (χ2v) is 6.78. The van der Waals surface area contributed by atoms with Crippen molar-refractivity contribution in [3.63, 3.8) is 0 Å². The normalized spacial score (nSPS) is 51.5. The Morgan fingerprint density at radius 1 is 1.27 bits per heavy atom. The summed E-state index contributed by atoms with van der Waals surface area (Å²) < 4.78 is 0. The maximum absolute atomic E-state index is 10.1. The molecule has 0 amide bonds. The van der Waals surface area contributed by atoms with Crippen molar-refractivity contribution >= 4 is 0 Å². The highest BCUT2D eigenvalue weighted by Crippen LogP contribution is 2.64. The summed E-state index contributed by atoms with van der Waals surface area (Å²) in [4.78, 5) is 0. The average molecular weight is 206 g/mol. The van der Waals surface area contributed by atoms with Crippen LogP contribution in [0.15, 0.2) is 11.6 Å². The third-order valence-electron chi connectivity index (χ3n) is 5.39. The van der Waals surface area contributed by atoms with Crippen LogP contribution in [0.4, 0.5) is 0 Å². The number of allylic oxidation sites excluding steroid dienone is 1. The fourth-order valence-electron chi connectivity index (χ4n) is 4.15. The fourth-order valence-corrected chi connectivity index (χ4v) is 4.15. The molecule has 0 radical (unpaired) electrons. The molecule has 0 spiro atoms. The molecule has 4 aliphatic rings. The minimum Gasteiger partial charge on any atom is -0.386 e. The van der Waals surface area contributed by atoms with E-state index in [4.69, 9.17) is 0 Å². The lowest BCUT2D eigenvalue weighted by molar-refractivity contribution is -0.0593. The van der Waals surface area contributed by atoms with Crippen LogP contribution < -0.4 is 0 Å². The molecule has 84 valence electrons. The Morgan fingerprint density at radius 2 is 2.00 bits per heavy atom. The summed E-state index contributed by atoms with van der Waals surface area (Å²) in [5, 5.41) is 10.1. The lowest BCUT2D eigenvalue weighted by Crippen LogP contribution is -2.53. The monoisotopic (exact) mass is 206 g/mol. The van der Waals surface area contributed by atoms with Crippen LogP contribution in [0.25, 0.3) is 0 Å². The Hall–Kier alpha value is -0.300. The first-order valence-electron chi connectivity index (χ1n) is 6.35. The molecule has 4 rings (SSSR count). The van der Waals surface area contributed by atoms with Crippen LogP contribution in [0.3, 0.4) is 0 Å². The smallest absolute Gasteiger partial charge is 0.0802 e. The van der Waals surface area contributed by atoms with Crippen LogP contribution in [0.2, 0.25) is 0 Å². The fraction of sp³-hybridized carbons (Fsp3) is 0.857. The van der Waals surface area contributed by atoms with Crippen molar-refractivity contribution in [1.29, 1.82) is 0 Å². The van der Waals surface area contributed by atoms with Gasteiger partial charge in [-0.3, -0.25) is 0 Å². The zero-order chi connectivity index (χ0) is 10.8. The average Bonchev–Trinajstić information content (AvgIpc) is 2.14. The van der Waals surface area contributed by atoms with E-state index in [0.717, 1.165) is 24.2 Å². The van der Waals surface area contributed by atoms with Crippen LogP contribution in [0.5, 0.6) is 0 Å². The first-order chi connectivity index (χ1) is 6.90. The molecule has 0 heterocycles. The molecule has 1 N–H and O–H groups in total. The van der Waals surface area contributed by atoms with Crippen molar-refractivity contribution < 1.29 is 5.11 Å². The van der Waals surface area contributed by atoms with Crippen molar-refractivity contribution in [3.8, 4) is 0 Å². The topological polar surface area (TPSA) is 20.2 Å². The minimum atomic E-state index is -0.523. The molecule has 4 aliphatic carbocycles. The lowest BCUT2D eigenvalue weighted by Gasteiger charge is -2.61. The van der Waals surface area contributed by atoms with Gasteiger partial charge in [0, 0.05) is 0 Å². The molecule has 0 unspecified atom stereocenters. The third-order valence-corrected chi connectivity index (χ3v) is 5.39. The minimum absolute atomic E-state index is 0.510. The van der Waals surface area contributed by atoms with Gasteiger partial charge in [0.05, 0.1) is 5.60 Å². The van der Waals surface area contributed by atoms with Crippen LogP contribution in [0.1, 0.15) is 46.5 Å². The first-order valence-corrected chi connectivity index (χ1v) is 6.35. The van der Waals surface area contributed by atoms with E-state index < -0.39 is 5.60 Å². The van der Waals surface area contributed by atoms with Gasteiger partial charge in [-0.15, -0.1) is 0 Å². The van der Waals surface area contributed by atoms with Gasteiger partial charge in [0.25, 0.3) is 0 Å². The summed E-state index contributed by atoms with van der Waals surface area (Å²) in [6.45, 7) is 6.78. The van der Waals surface area contributed by atoms with Gasteiger partial charge < -0.3 is 5.11 Å². The van der Waals surface area contributed by atoms with Crippen molar-refractivity contribution in [2.45, 2.75) is 52.1 Å². The predicted molar refractivity (Wildman–Crippen MR) is 61.4 cm³/mol. The van der Waals surface area contributed by atoms with Crippen LogP contribution in [0, 0.1) is 23.2 Å². The van der Waals surface area contributed by atoms with Gasteiger partial charge in [-0.25, -0.2) is 0 Å². The molecule has 2 bridgehead atoms. The number of aliphatic hydroxyl groups is 1. The molecule has 4 atom stereocenters. The van der Waals surface area contributed by atoms with E-state index >= 15 is 0 Å². The summed E-state index contributed by atoms with van der Waals surface area (Å²) in [7, 11) is 0. The molecule has 15 heavy (non-hydrogen) atoms. The quantitative estimate of drug-likeness (QED) is 0.604. The highest BCUT2D eigenvalue weighted by molar-refractivity contribution is 5.29. The number of hydrogen-bond acceptors (Lipinski definition) is 1. The first kappa shape index (κ1) is 9.89. The zero-order valence-corrected chi connectivity index (χ0v) is 10.1. The summed E-state index contributed by atoms with van der Waals surface area (Å²) in [6, 6.07) is 0. The molecule has 1 heteroatoms. The van der Waals surface area contributed by atoms with Gasteiger partial charge >= 0.3 is 0 Å². The summed E-state index contributed by atoms with van der Waals surface area (Å²) in [6.07, 6.45) is 7.13. The molecule has 0 aromatic rings. The second kappa shape index (κ2) is 2.68. The van der Waals surface area contributed by atoms with E-state index in [-0.39, 0.29) is 0 Å². The van der Waals surface area contributed by atoms with Gasteiger partial charge in [-0.1, -0.05) is 25.5 Å². The third kappa shape index (κ3) is 1.25. The Kier molecular flexibility index (Phi) is 1.77. The van der Waals surface area contributed by atoms with E-state index in [1.165, 1.54) is 19.3 Å². The van der Waals surface area contributed by atoms with Crippen molar-refractivity contribution in [1.82, 2.24) is 0 Å². The lowest BCUT2D eigenvalue weighted by atomic mass is 9.43. The van der Waals surface area contributed by atoms with E-state index in [1.54, 1.807) is 5.57 Å². The van der Waals surface area contributed by atoms with Gasteiger partial charge in [0.1, 0.15) is 0 Å². The highest BCUT2D eigenvalue weighted by atomic mass is 16.3. The highest BCUT2D eigenvalue weighted by Gasteiger charge is 2.56. The Balaban J connectivity index is 1.96. The standard InChI is InChI=1S/C14H22O/c1-13(2)10-6-9-4-5-14(3,15)8-11(9)12(13)7-10/h8-10,12,15H,4-7H2,1-3H3/t9-,10+,12+,14-/m1/s1. The summed E-state index contributed by atoms with van der Waals surface area (Å²) >= 11 is 0. The van der Waals surface area contributed by atoms with Crippen molar-refractivity contribution in [2.75, 3.05) is 0 Å². The van der Waals surface area contributed by atoms with Crippen molar-refractivity contribution in [3.05, 3.63) is 11.6 Å². The Bertz CT molecular complexity index is 324. The Labute approximate surface area is 92.6 Å². The van der Waals surface area contributed by atoms with E-state index in [2.05, 4.69) is 19.9 Å². The van der Waals surface area contributed by atoms with Crippen LogP contribution >= 0.6 is 0 Å². The molecule has 0 saturated heterocycles.